The maximum atomic E-state index is 11.8. The van der Waals surface area contributed by atoms with Gasteiger partial charge < -0.3 is 0 Å². The van der Waals surface area contributed by atoms with Crippen LogP contribution in [0.3, 0.4) is 0 Å². The van der Waals surface area contributed by atoms with Crippen LogP contribution in [0.25, 0.3) is 0 Å². The Morgan fingerprint density at radius 2 is 1.22 bits per heavy atom. The summed E-state index contributed by atoms with van der Waals surface area (Å²) >= 11 is 0. The van der Waals surface area contributed by atoms with Gasteiger partial charge in [0.1, 0.15) is 0 Å². The van der Waals surface area contributed by atoms with E-state index in [-0.39, 0.29) is 5.75 Å². The van der Waals surface area contributed by atoms with E-state index in [2.05, 4.69) is 30.3 Å². The molecular weight excluding hydrogens is 304 g/mol. The first kappa shape index (κ1) is 17.7. The Hall–Kier alpha value is -1.61. The molecule has 0 saturated heterocycles. The Kier molecular flexibility index (Phi) is 6.85. The third kappa shape index (κ3) is 5.83. The van der Waals surface area contributed by atoms with E-state index in [4.69, 9.17) is 0 Å². The number of sulfone groups is 1. The third-order valence-corrected chi connectivity index (χ3v) is 5.94. The second kappa shape index (κ2) is 8.88. The molecule has 0 N–H and O–H groups in total. The summed E-state index contributed by atoms with van der Waals surface area (Å²) in [5, 5.41) is 0. The summed E-state index contributed by atoms with van der Waals surface area (Å²) in [5.74, 6) is 0.160. The van der Waals surface area contributed by atoms with E-state index in [0.29, 0.717) is 4.90 Å². The summed E-state index contributed by atoms with van der Waals surface area (Å²) in [6.07, 6.45) is 7.05. The molecule has 3 heteroatoms. The van der Waals surface area contributed by atoms with E-state index in [1.165, 1.54) is 30.4 Å². The van der Waals surface area contributed by atoms with Crippen molar-refractivity contribution in [3.05, 3.63) is 65.7 Å². The van der Waals surface area contributed by atoms with Gasteiger partial charge in [-0.3, -0.25) is 0 Å². The zero-order chi connectivity index (χ0) is 16.5. The van der Waals surface area contributed by atoms with Crippen molar-refractivity contribution in [2.24, 2.45) is 0 Å². The van der Waals surface area contributed by atoms with Crippen LogP contribution >= 0.6 is 0 Å². The van der Waals surface area contributed by atoms with Crippen LogP contribution in [-0.2, 0) is 22.7 Å². The van der Waals surface area contributed by atoms with Crippen molar-refractivity contribution < 1.29 is 8.42 Å². The molecule has 0 unspecified atom stereocenters. The molecule has 2 aromatic rings. The Morgan fingerprint density at radius 1 is 0.696 bits per heavy atom. The Balaban J connectivity index is 1.66. The number of hydrogen-bond donors (Lipinski definition) is 0. The predicted molar refractivity (Wildman–Crippen MR) is 96.5 cm³/mol. The lowest BCUT2D eigenvalue weighted by Crippen LogP contribution is -2.03. The quantitative estimate of drug-likeness (QED) is 0.617. The van der Waals surface area contributed by atoms with Crippen molar-refractivity contribution in [1.82, 2.24) is 0 Å². The van der Waals surface area contributed by atoms with Crippen molar-refractivity contribution in [2.45, 2.75) is 50.3 Å². The lowest BCUT2D eigenvalue weighted by Gasteiger charge is -2.05. The SMILES string of the molecule is CCS(=O)(=O)c1ccc(CCCCCCc2ccccc2)cc1. The first-order valence-electron chi connectivity index (χ1n) is 8.47. The maximum absolute atomic E-state index is 11.8. The third-order valence-electron chi connectivity index (χ3n) is 4.19. The van der Waals surface area contributed by atoms with Gasteiger partial charge in [-0.15, -0.1) is 0 Å². The molecule has 0 radical (unpaired) electrons. The van der Waals surface area contributed by atoms with Crippen LogP contribution < -0.4 is 0 Å². The highest BCUT2D eigenvalue weighted by Gasteiger charge is 2.10. The molecule has 2 rings (SSSR count). The molecule has 0 aliphatic rings. The molecule has 23 heavy (non-hydrogen) atoms. The molecule has 0 aromatic heterocycles. The van der Waals surface area contributed by atoms with Gasteiger partial charge in [0.05, 0.1) is 10.6 Å². The predicted octanol–water partition coefficient (Wildman–Crippen LogP) is 4.83. The normalized spacial score (nSPS) is 11.5. The van der Waals surface area contributed by atoms with Crippen LogP contribution in [0.4, 0.5) is 0 Å². The van der Waals surface area contributed by atoms with Crippen LogP contribution in [0.2, 0.25) is 0 Å². The van der Waals surface area contributed by atoms with Gasteiger partial charge in [-0.05, 0) is 48.9 Å². The van der Waals surface area contributed by atoms with Crippen molar-refractivity contribution in [3.63, 3.8) is 0 Å². The minimum atomic E-state index is -3.07. The Morgan fingerprint density at radius 3 is 1.74 bits per heavy atom. The average molecular weight is 330 g/mol. The fourth-order valence-corrected chi connectivity index (χ4v) is 3.57. The van der Waals surface area contributed by atoms with Crippen molar-refractivity contribution in [1.29, 1.82) is 0 Å². The Labute approximate surface area is 140 Å². The molecule has 0 spiro atoms. The summed E-state index contributed by atoms with van der Waals surface area (Å²) in [4.78, 5) is 0.437. The second-order valence-electron chi connectivity index (χ2n) is 5.95. The van der Waals surface area contributed by atoms with E-state index in [1.54, 1.807) is 19.1 Å². The molecule has 0 atom stereocenters. The molecule has 2 aromatic carbocycles. The van der Waals surface area contributed by atoms with Gasteiger partial charge in [0.2, 0.25) is 0 Å². The molecule has 0 aliphatic carbocycles. The highest BCUT2D eigenvalue weighted by molar-refractivity contribution is 7.91. The second-order valence-corrected chi connectivity index (χ2v) is 8.23. The van der Waals surface area contributed by atoms with Gasteiger partial charge in [-0.1, -0.05) is 62.2 Å². The van der Waals surface area contributed by atoms with Gasteiger partial charge in [0.25, 0.3) is 0 Å². The van der Waals surface area contributed by atoms with Crippen LogP contribution in [0, 0.1) is 0 Å². The number of rotatable bonds is 9. The Bertz CT molecular complexity index is 673. The van der Waals surface area contributed by atoms with Gasteiger partial charge in [0.15, 0.2) is 9.84 Å². The van der Waals surface area contributed by atoms with Crippen molar-refractivity contribution >= 4 is 9.84 Å². The standard InChI is InChI=1S/C20H26O2S/c1-2-23(21,22)20-16-14-19(15-17-20)13-7-4-3-6-10-18-11-8-5-9-12-18/h5,8-9,11-12,14-17H,2-4,6-7,10,13H2,1H3. The van der Waals surface area contributed by atoms with Crippen LogP contribution in [0.5, 0.6) is 0 Å². The van der Waals surface area contributed by atoms with Crippen molar-refractivity contribution in [3.8, 4) is 0 Å². The average Bonchev–Trinajstić information content (AvgIpc) is 2.59. The van der Waals surface area contributed by atoms with Crippen LogP contribution in [-0.4, -0.2) is 14.2 Å². The molecule has 0 fully saturated rings. The summed E-state index contributed by atoms with van der Waals surface area (Å²) in [5.41, 5.74) is 2.64. The summed E-state index contributed by atoms with van der Waals surface area (Å²) < 4.78 is 23.5. The van der Waals surface area contributed by atoms with E-state index in [0.717, 1.165) is 19.3 Å². The molecule has 0 aliphatic heterocycles. The van der Waals surface area contributed by atoms with E-state index < -0.39 is 9.84 Å². The summed E-state index contributed by atoms with van der Waals surface area (Å²) in [6.45, 7) is 1.68. The largest absolute Gasteiger partial charge is 0.224 e. The minimum Gasteiger partial charge on any atom is -0.224 e. The topological polar surface area (TPSA) is 34.1 Å². The molecule has 0 saturated carbocycles. The molecule has 0 amide bonds. The zero-order valence-electron chi connectivity index (χ0n) is 13.9. The molecule has 0 heterocycles. The number of unbranched alkanes of at least 4 members (excludes halogenated alkanes) is 3. The molecule has 2 nitrogen and oxygen atoms in total. The van der Waals surface area contributed by atoms with E-state index in [9.17, 15) is 8.42 Å². The number of aryl methyl sites for hydroxylation is 2. The van der Waals surface area contributed by atoms with Gasteiger partial charge in [-0.25, -0.2) is 8.42 Å². The van der Waals surface area contributed by atoms with Crippen LogP contribution in [0.1, 0.15) is 43.7 Å². The molecule has 124 valence electrons. The highest BCUT2D eigenvalue weighted by atomic mass is 32.2. The molecule has 0 bridgehead atoms. The lowest BCUT2D eigenvalue weighted by atomic mass is 10.0. The zero-order valence-corrected chi connectivity index (χ0v) is 14.7. The van der Waals surface area contributed by atoms with Crippen LogP contribution in [0.15, 0.2) is 59.5 Å². The number of hydrogen-bond acceptors (Lipinski definition) is 2. The summed E-state index contributed by atoms with van der Waals surface area (Å²) in [7, 11) is -3.07. The van der Waals surface area contributed by atoms with Gasteiger partial charge in [0, 0.05) is 0 Å². The minimum absolute atomic E-state index is 0.160. The fraction of sp³-hybridized carbons (Fsp3) is 0.400. The van der Waals surface area contributed by atoms with Crippen molar-refractivity contribution in [2.75, 3.05) is 5.75 Å². The fourth-order valence-electron chi connectivity index (χ4n) is 2.69. The summed E-state index contributed by atoms with van der Waals surface area (Å²) in [6, 6.07) is 18.0. The van der Waals surface area contributed by atoms with Gasteiger partial charge in [-0.2, -0.15) is 0 Å². The number of benzene rings is 2. The first-order chi connectivity index (χ1) is 11.1. The van der Waals surface area contributed by atoms with E-state index in [1.807, 2.05) is 12.1 Å². The molecular formula is C20H26O2S. The smallest absolute Gasteiger partial charge is 0.178 e. The van der Waals surface area contributed by atoms with Gasteiger partial charge >= 0.3 is 0 Å². The lowest BCUT2D eigenvalue weighted by molar-refractivity contribution is 0.597. The monoisotopic (exact) mass is 330 g/mol. The highest BCUT2D eigenvalue weighted by Crippen LogP contribution is 2.15. The van der Waals surface area contributed by atoms with E-state index >= 15 is 0 Å². The maximum Gasteiger partial charge on any atom is 0.178 e. The first-order valence-corrected chi connectivity index (χ1v) is 10.1.